The second-order valence-electron chi connectivity index (χ2n) is 6.58. The zero-order valence-corrected chi connectivity index (χ0v) is 19.3. The molecular weight excluding hydrogens is 453 g/mol. The largest absolute Gasteiger partial charge is 0.490 e. The summed E-state index contributed by atoms with van der Waals surface area (Å²) in [6.45, 7) is 10.6. The van der Waals surface area contributed by atoms with Gasteiger partial charge in [-0.3, -0.25) is 9.67 Å². The molecule has 2 N–H and O–H groups in total. The number of benzene rings is 1. The summed E-state index contributed by atoms with van der Waals surface area (Å²) in [5.41, 5.74) is 3.49. The molecule has 1 unspecified atom stereocenters. The molecule has 0 amide bonds. The maximum Gasteiger partial charge on any atom is 0.191 e. The van der Waals surface area contributed by atoms with E-state index in [1.807, 2.05) is 24.0 Å². The van der Waals surface area contributed by atoms with Crippen LogP contribution in [-0.2, 0) is 13.1 Å². The molecule has 7 heteroatoms. The molecule has 27 heavy (non-hydrogen) atoms. The van der Waals surface area contributed by atoms with Gasteiger partial charge in [0.15, 0.2) is 5.96 Å². The van der Waals surface area contributed by atoms with Crippen LogP contribution in [0.5, 0.6) is 5.75 Å². The third-order valence-corrected chi connectivity index (χ3v) is 4.19. The van der Waals surface area contributed by atoms with Gasteiger partial charge in [-0.25, -0.2) is 0 Å². The minimum absolute atomic E-state index is 0. The first-order chi connectivity index (χ1) is 12.5. The average molecular weight is 485 g/mol. The minimum atomic E-state index is 0. The lowest BCUT2D eigenvalue weighted by Crippen LogP contribution is -2.38. The lowest BCUT2D eigenvalue weighted by atomic mass is 10.1. The first-order valence-corrected chi connectivity index (χ1v) is 9.21. The molecule has 0 fully saturated rings. The van der Waals surface area contributed by atoms with E-state index in [0.29, 0.717) is 6.54 Å². The quantitative estimate of drug-likeness (QED) is 0.341. The van der Waals surface area contributed by atoms with Gasteiger partial charge in [0.05, 0.1) is 18.8 Å². The van der Waals surface area contributed by atoms with Gasteiger partial charge in [-0.1, -0.05) is 19.1 Å². The molecule has 0 saturated carbocycles. The summed E-state index contributed by atoms with van der Waals surface area (Å²) >= 11 is 0. The van der Waals surface area contributed by atoms with Crippen molar-refractivity contribution in [3.63, 3.8) is 0 Å². The number of guanidine groups is 1. The average Bonchev–Trinajstić information content (AvgIpc) is 3.04. The van der Waals surface area contributed by atoms with Gasteiger partial charge in [0, 0.05) is 31.9 Å². The maximum absolute atomic E-state index is 6.07. The molecule has 1 atom stereocenters. The number of hydrogen-bond acceptors (Lipinski definition) is 3. The summed E-state index contributed by atoms with van der Waals surface area (Å²) in [5, 5.41) is 11.0. The number of nitrogens with one attached hydrogen (secondary N) is 2. The number of hydrogen-bond donors (Lipinski definition) is 2. The summed E-state index contributed by atoms with van der Waals surface area (Å²) in [4.78, 5) is 4.29. The van der Waals surface area contributed by atoms with Crippen molar-refractivity contribution >= 4 is 29.9 Å². The second kappa shape index (κ2) is 11.8. The van der Waals surface area contributed by atoms with E-state index in [-0.39, 0.29) is 30.1 Å². The number of halogens is 1. The zero-order valence-electron chi connectivity index (χ0n) is 17.0. The fraction of sp³-hybridized carbons (Fsp3) is 0.500. The topological polar surface area (TPSA) is 63.5 Å². The normalized spacial score (nSPS) is 12.3. The Bertz CT molecular complexity index is 729. The molecule has 0 saturated heterocycles. The third kappa shape index (κ3) is 7.78. The Kier molecular flexibility index (Phi) is 10.2. The lowest BCUT2D eigenvalue weighted by Gasteiger charge is -2.18. The van der Waals surface area contributed by atoms with Crippen LogP contribution in [0.1, 0.15) is 37.0 Å². The fourth-order valence-electron chi connectivity index (χ4n) is 2.50. The Morgan fingerprint density at radius 1 is 1.26 bits per heavy atom. The Balaban J connectivity index is 0.00000364. The van der Waals surface area contributed by atoms with Crippen LogP contribution in [-0.4, -0.2) is 35.4 Å². The summed E-state index contributed by atoms with van der Waals surface area (Å²) in [6.07, 6.45) is 5.08. The van der Waals surface area contributed by atoms with Crippen LogP contribution in [0.4, 0.5) is 0 Å². The van der Waals surface area contributed by atoms with Gasteiger partial charge in [0.1, 0.15) is 5.75 Å². The standard InChI is InChI=1S/C20H31N5O.HI/c1-6-17(4)26-19-11-15(2)7-8-18(19)13-23-20(21-5)22-9-10-25-14-16(3)12-24-25;/h7-8,11-12,14,17H,6,9-10,13H2,1-5H3,(H2,21,22,23);1H. The van der Waals surface area contributed by atoms with E-state index in [4.69, 9.17) is 4.74 Å². The van der Waals surface area contributed by atoms with Gasteiger partial charge in [0.25, 0.3) is 0 Å². The number of aromatic nitrogens is 2. The monoisotopic (exact) mass is 485 g/mol. The molecular formula is C20H32IN5O. The molecule has 0 aliphatic carbocycles. The van der Waals surface area contributed by atoms with Crippen LogP contribution >= 0.6 is 24.0 Å². The number of aliphatic imine (C=N–C) groups is 1. The highest BCUT2D eigenvalue weighted by atomic mass is 127. The van der Waals surface area contributed by atoms with Crippen molar-refractivity contribution in [3.8, 4) is 5.75 Å². The first-order valence-electron chi connectivity index (χ1n) is 9.21. The van der Waals surface area contributed by atoms with E-state index in [2.05, 4.69) is 59.7 Å². The highest BCUT2D eigenvalue weighted by Gasteiger charge is 2.08. The molecule has 0 radical (unpaired) electrons. The minimum Gasteiger partial charge on any atom is -0.490 e. The predicted molar refractivity (Wildman–Crippen MR) is 122 cm³/mol. The molecule has 1 aromatic heterocycles. The van der Waals surface area contributed by atoms with Gasteiger partial charge in [0.2, 0.25) is 0 Å². The van der Waals surface area contributed by atoms with Crippen molar-refractivity contribution in [2.24, 2.45) is 4.99 Å². The van der Waals surface area contributed by atoms with Crippen LogP contribution in [0.25, 0.3) is 0 Å². The van der Waals surface area contributed by atoms with Gasteiger partial charge in [-0.05, 0) is 44.4 Å². The number of rotatable bonds is 8. The van der Waals surface area contributed by atoms with Crippen LogP contribution in [0.3, 0.4) is 0 Å². The smallest absolute Gasteiger partial charge is 0.191 e. The predicted octanol–water partition coefficient (Wildman–Crippen LogP) is 3.66. The Labute approximate surface area is 179 Å². The van der Waals surface area contributed by atoms with Crippen molar-refractivity contribution in [2.75, 3.05) is 13.6 Å². The van der Waals surface area contributed by atoms with Crippen LogP contribution in [0.2, 0.25) is 0 Å². The molecule has 0 aliphatic rings. The Morgan fingerprint density at radius 3 is 2.67 bits per heavy atom. The van der Waals surface area contributed by atoms with E-state index in [0.717, 1.165) is 36.8 Å². The van der Waals surface area contributed by atoms with Crippen molar-refractivity contribution in [1.29, 1.82) is 0 Å². The molecule has 2 aromatic rings. The lowest BCUT2D eigenvalue weighted by molar-refractivity contribution is 0.215. The van der Waals surface area contributed by atoms with Crippen molar-refractivity contribution in [2.45, 2.75) is 53.3 Å². The van der Waals surface area contributed by atoms with Gasteiger partial charge >= 0.3 is 0 Å². The Morgan fingerprint density at radius 2 is 2.04 bits per heavy atom. The van der Waals surface area contributed by atoms with Gasteiger partial charge in [-0.2, -0.15) is 5.10 Å². The number of aryl methyl sites for hydroxylation is 2. The van der Waals surface area contributed by atoms with E-state index >= 15 is 0 Å². The highest BCUT2D eigenvalue weighted by molar-refractivity contribution is 14.0. The molecule has 150 valence electrons. The van der Waals surface area contributed by atoms with E-state index < -0.39 is 0 Å². The second-order valence-corrected chi connectivity index (χ2v) is 6.58. The highest BCUT2D eigenvalue weighted by Crippen LogP contribution is 2.22. The molecule has 2 rings (SSSR count). The van der Waals surface area contributed by atoms with Gasteiger partial charge in [-0.15, -0.1) is 24.0 Å². The van der Waals surface area contributed by atoms with Crippen LogP contribution in [0, 0.1) is 13.8 Å². The SMILES string of the molecule is CCC(C)Oc1cc(C)ccc1CNC(=NC)NCCn1cc(C)cn1.I. The molecule has 1 heterocycles. The number of nitrogens with zero attached hydrogens (tertiary/aromatic N) is 3. The van der Waals surface area contributed by atoms with Crippen LogP contribution in [0.15, 0.2) is 35.6 Å². The molecule has 0 spiro atoms. The van der Waals surface area contributed by atoms with E-state index in [1.54, 1.807) is 7.05 Å². The first kappa shape index (κ1) is 23.3. The van der Waals surface area contributed by atoms with Crippen molar-refractivity contribution in [3.05, 3.63) is 47.3 Å². The third-order valence-electron chi connectivity index (χ3n) is 4.19. The van der Waals surface area contributed by atoms with Crippen molar-refractivity contribution < 1.29 is 4.74 Å². The molecule has 6 nitrogen and oxygen atoms in total. The Hall–Kier alpha value is -1.77. The summed E-state index contributed by atoms with van der Waals surface area (Å²) in [5.74, 6) is 1.71. The number of ether oxygens (including phenoxy) is 1. The maximum atomic E-state index is 6.07. The molecule has 0 bridgehead atoms. The van der Waals surface area contributed by atoms with Gasteiger partial charge < -0.3 is 15.4 Å². The van der Waals surface area contributed by atoms with Crippen LogP contribution < -0.4 is 15.4 Å². The zero-order chi connectivity index (χ0) is 18.9. The van der Waals surface area contributed by atoms with Crippen molar-refractivity contribution in [1.82, 2.24) is 20.4 Å². The summed E-state index contributed by atoms with van der Waals surface area (Å²) in [6, 6.07) is 6.32. The fourth-order valence-corrected chi connectivity index (χ4v) is 2.50. The van der Waals surface area contributed by atoms with E-state index in [1.165, 1.54) is 11.1 Å². The van der Waals surface area contributed by atoms with E-state index in [9.17, 15) is 0 Å². The summed E-state index contributed by atoms with van der Waals surface area (Å²) < 4.78 is 8.00. The molecule has 1 aromatic carbocycles. The summed E-state index contributed by atoms with van der Waals surface area (Å²) in [7, 11) is 1.78. The molecule has 0 aliphatic heterocycles.